The van der Waals surface area contributed by atoms with Crippen molar-refractivity contribution < 1.29 is 5.11 Å². The molecule has 2 N–H and O–H groups in total. The van der Waals surface area contributed by atoms with E-state index >= 15 is 0 Å². The quantitative estimate of drug-likeness (QED) is 0.593. The Bertz CT molecular complexity index is 1060. The van der Waals surface area contributed by atoms with Crippen molar-refractivity contribution in [3.05, 3.63) is 90.3 Å². The number of hydrogen-bond acceptors (Lipinski definition) is 7. The summed E-state index contributed by atoms with van der Waals surface area (Å²) in [6.45, 7) is 4.22. The van der Waals surface area contributed by atoms with Gasteiger partial charge in [0.1, 0.15) is 11.9 Å². The summed E-state index contributed by atoms with van der Waals surface area (Å²) < 4.78 is 0. The van der Waals surface area contributed by atoms with Crippen LogP contribution in [0.5, 0.6) is 5.75 Å². The molecule has 1 atom stereocenters. The molecule has 2 aromatic carbocycles. The van der Waals surface area contributed by atoms with E-state index in [-0.39, 0.29) is 6.17 Å². The molecule has 1 fully saturated rings. The second kappa shape index (κ2) is 9.60. The van der Waals surface area contributed by atoms with Gasteiger partial charge >= 0.3 is 0 Å². The molecule has 0 bridgehead atoms. The third-order valence-corrected chi connectivity index (χ3v) is 6.52. The lowest BCUT2D eigenvalue weighted by Crippen LogP contribution is -2.54. The number of aromatic nitrogens is 1. The summed E-state index contributed by atoms with van der Waals surface area (Å²) in [6, 6.07) is 21.9. The second-order valence-electron chi connectivity index (χ2n) is 8.57. The highest BCUT2D eigenvalue weighted by Crippen LogP contribution is 2.31. The second-order valence-corrected chi connectivity index (χ2v) is 8.57. The maximum atomic E-state index is 9.59. The summed E-state index contributed by atoms with van der Waals surface area (Å²) in [5.41, 5.74) is 6.82. The van der Waals surface area contributed by atoms with E-state index in [0.29, 0.717) is 11.7 Å². The zero-order chi connectivity index (χ0) is 22.6. The van der Waals surface area contributed by atoms with Gasteiger partial charge < -0.3 is 5.11 Å². The van der Waals surface area contributed by atoms with Gasteiger partial charge in [0.05, 0.1) is 11.9 Å². The van der Waals surface area contributed by atoms with E-state index in [2.05, 4.69) is 46.6 Å². The van der Waals surface area contributed by atoms with Crippen molar-refractivity contribution >= 4 is 11.5 Å². The van der Waals surface area contributed by atoms with Gasteiger partial charge in [-0.1, -0.05) is 49.4 Å². The first-order chi connectivity index (χ1) is 16.2. The van der Waals surface area contributed by atoms with Gasteiger partial charge in [0.15, 0.2) is 5.84 Å². The summed E-state index contributed by atoms with van der Waals surface area (Å²) >= 11 is 0. The number of benzene rings is 2. The van der Waals surface area contributed by atoms with Crippen LogP contribution < -0.4 is 10.5 Å². The number of likely N-dealkylation sites (tertiary alicyclic amines) is 1. The minimum Gasteiger partial charge on any atom is -0.508 e. The Morgan fingerprint density at radius 1 is 1.00 bits per heavy atom. The number of hydrazine groups is 2. The number of hydrazone groups is 1. The number of nitrogens with zero attached hydrogens (tertiary/aromatic N) is 5. The van der Waals surface area contributed by atoms with Gasteiger partial charge in [-0.3, -0.25) is 9.88 Å². The topological polar surface area (TPSA) is 67.2 Å². The van der Waals surface area contributed by atoms with E-state index in [1.165, 1.54) is 5.56 Å². The van der Waals surface area contributed by atoms with E-state index < -0.39 is 0 Å². The first-order valence-corrected chi connectivity index (χ1v) is 11.7. The molecular formula is C26H30N6O. The van der Waals surface area contributed by atoms with Gasteiger partial charge in [0, 0.05) is 24.8 Å². The number of phenolic OH excluding ortho intramolecular Hbond substituents is 1. The number of anilines is 1. The summed E-state index contributed by atoms with van der Waals surface area (Å²) in [5, 5.41) is 18.6. The van der Waals surface area contributed by atoms with E-state index in [0.717, 1.165) is 49.4 Å². The maximum Gasteiger partial charge on any atom is 0.178 e. The normalized spacial score (nSPS) is 18.4. The molecule has 0 radical (unpaired) electrons. The average molecular weight is 443 g/mol. The summed E-state index contributed by atoms with van der Waals surface area (Å²) in [7, 11) is 0. The molecule has 1 aromatic heterocycles. The van der Waals surface area contributed by atoms with Crippen molar-refractivity contribution in [1.29, 1.82) is 0 Å². The molecule has 170 valence electrons. The number of piperidine rings is 1. The molecule has 2 aliphatic rings. The number of aromatic hydroxyl groups is 1. The highest BCUT2D eigenvalue weighted by atomic mass is 16.3. The number of rotatable bonds is 6. The van der Waals surface area contributed by atoms with Crippen LogP contribution >= 0.6 is 0 Å². The number of nitrogens with one attached hydrogen (secondary N) is 1. The molecule has 0 saturated carbocycles. The third-order valence-electron chi connectivity index (χ3n) is 6.52. The molecule has 33 heavy (non-hydrogen) atoms. The van der Waals surface area contributed by atoms with Crippen molar-refractivity contribution in [3.8, 4) is 5.75 Å². The van der Waals surface area contributed by atoms with Crippen LogP contribution in [0.2, 0.25) is 0 Å². The monoisotopic (exact) mass is 442 g/mol. The van der Waals surface area contributed by atoms with Crippen LogP contribution in [0.25, 0.3) is 0 Å². The Kier molecular flexibility index (Phi) is 6.24. The Morgan fingerprint density at radius 2 is 1.76 bits per heavy atom. The van der Waals surface area contributed by atoms with Crippen LogP contribution in [-0.4, -0.2) is 45.2 Å². The summed E-state index contributed by atoms with van der Waals surface area (Å²) in [4.78, 5) is 6.82. The Morgan fingerprint density at radius 3 is 2.42 bits per heavy atom. The van der Waals surface area contributed by atoms with Crippen molar-refractivity contribution in [3.63, 3.8) is 0 Å². The smallest absolute Gasteiger partial charge is 0.178 e. The number of hydrogen-bond donors (Lipinski definition) is 2. The van der Waals surface area contributed by atoms with Crippen molar-refractivity contribution in [2.24, 2.45) is 5.10 Å². The highest BCUT2D eigenvalue weighted by molar-refractivity contribution is 6.09. The Labute approximate surface area is 194 Å². The van der Waals surface area contributed by atoms with Gasteiger partial charge in [0.25, 0.3) is 0 Å². The van der Waals surface area contributed by atoms with Gasteiger partial charge in [-0.2, -0.15) is 5.12 Å². The third kappa shape index (κ3) is 4.55. The number of pyridine rings is 1. The fourth-order valence-corrected chi connectivity index (χ4v) is 4.76. The van der Waals surface area contributed by atoms with Crippen LogP contribution in [0.3, 0.4) is 0 Å². The first-order valence-electron chi connectivity index (χ1n) is 11.7. The molecule has 0 aliphatic carbocycles. The standard InChI is InChI=1S/C26H30N6O/c1-2-25(30-17-14-21(15-18-30)20-10-12-24(33)13-11-20)32-28-26(22-7-4-3-5-8-22)31(29-32)23-9-6-16-27-19-23/h3-13,16,19,21,25,29,33H,2,14-15,17-18H2,1H3. The molecule has 2 aliphatic heterocycles. The fourth-order valence-electron chi connectivity index (χ4n) is 4.76. The lowest BCUT2D eigenvalue weighted by molar-refractivity contribution is -0.000687. The first kappa shape index (κ1) is 21.4. The zero-order valence-corrected chi connectivity index (χ0v) is 18.9. The summed E-state index contributed by atoms with van der Waals surface area (Å²) in [6.07, 6.45) is 6.91. The van der Waals surface area contributed by atoms with Gasteiger partial charge in [-0.25, -0.2) is 5.01 Å². The van der Waals surface area contributed by atoms with Gasteiger partial charge in [-0.15, -0.1) is 10.6 Å². The molecule has 1 saturated heterocycles. The average Bonchev–Trinajstić information content (AvgIpc) is 3.32. The molecule has 5 rings (SSSR count). The minimum absolute atomic E-state index is 0.145. The minimum atomic E-state index is 0.145. The lowest BCUT2D eigenvalue weighted by atomic mass is 9.89. The largest absolute Gasteiger partial charge is 0.508 e. The molecule has 7 heteroatoms. The van der Waals surface area contributed by atoms with Crippen LogP contribution in [0.15, 0.2) is 84.2 Å². The van der Waals surface area contributed by atoms with E-state index in [1.54, 1.807) is 18.3 Å². The van der Waals surface area contributed by atoms with Crippen LogP contribution in [0, 0.1) is 0 Å². The molecular weight excluding hydrogens is 412 g/mol. The van der Waals surface area contributed by atoms with E-state index in [1.807, 2.05) is 46.7 Å². The molecule has 7 nitrogen and oxygen atoms in total. The molecule has 1 unspecified atom stereocenters. The summed E-state index contributed by atoms with van der Waals surface area (Å²) in [5.74, 6) is 1.72. The number of amidine groups is 1. The van der Waals surface area contributed by atoms with Crippen LogP contribution in [-0.2, 0) is 0 Å². The Balaban J connectivity index is 1.34. The lowest BCUT2D eigenvalue weighted by Gasteiger charge is -2.40. The number of phenols is 1. The highest BCUT2D eigenvalue weighted by Gasteiger charge is 2.34. The van der Waals surface area contributed by atoms with Crippen LogP contribution in [0.4, 0.5) is 5.69 Å². The molecule has 0 spiro atoms. The van der Waals surface area contributed by atoms with Crippen molar-refractivity contribution in [2.75, 3.05) is 18.1 Å². The van der Waals surface area contributed by atoms with Gasteiger partial charge in [-0.05, 0) is 55.0 Å². The molecule has 3 heterocycles. The Hall–Kier alpha value is -3.42. The predicted molar refractivity (Wildman–Crippen MR) is 130 cm³/mol. The SMILES string of the molecule is CCC(N1CCC(c2ccc(O)cc2)CC1)N1N=C(c2ccccc2)N(c2cccnc2)N1. The maximum absolute atomic E-state index is 9.59. The predicted octanol–water partition coefficient (Wildman–Crippen LogP) is 4.31. The zero-order valence-electron chi connectivity index (χ0n) is 18.9. The fraction of sp³-hybridized carbons (Fsp3) is 0.308. The van der Waals surface area contributed by atoms with E-state index in [4.69, 9.17) is 5.10 Å². The van der Waals surface area contributed by atoms with E-state index in [9.17, 15) is 5.11 Å². The van der Waals surface area contributed by atoms with Crippen LogP contribution in [0.1, 0.15) is 43.2 Å². The van der Waals surface area contributed by atoms with Gasteiger partial charge in [0.2, 0.25) is 0 Å². The van der Waals surface area contributed by atoms with Crippen molar-refractivity contribution in [1.82, 2.24) is 20.5 Å². The molecule has 0 amide bonds. The molecule has 3 aromatic rings. The van der Waals surface area contributed by atoms with Crippen molar-refractivity contribution in [2.45, 2.75) is 38.3 Å².